The predicted octanol–water partition coefficient (Wildman–Crippen LogP) is 3.97. The molecule has 1 aromatic carbocycles. The molecule has 7 nitrogen and oxygen atoms in total. The molecular formula is C21H20F2N3O4S2+. The van der Waals surface area contributed by atoms with Crippen molar-refractivity contribution >= 4 is 32.8 Å². The third kappa shape index (κ3) is 4.35. The van der Waals surface area contributed by atoms with Crippen LogP contribution >= 0.6 is 11.3 Å². The van der Waals surface area contributed by atoms with Crippen LogP contribution in [0.3, 0.4) is 0 Å². The van der Waals surface area contributed by atoms with Gasteiger partial charge in [0, 0.05) is 16.2 Å². The van der Waals surface area contributed by atoms with Gasteiger partial charge in [0.1, 0.15) is 32.9 Å². The van der Waals surface area contributed by atoms with Gasteiger partial charge >= 0.3 is 0 Å². The van der Waals surface area contributed by atoms with Gasteiger partial charge in [0.05, 0.1) is 10.8 Å². The fourth-order valence-electron chi connectivity index (χ4n) is 3.75. The van der Waals surface area contributed by atoms with Crippen LogP contribution in [0.4, 0.5) is 14.5 Å². The standard InChI is InChI=1S/C21H19F2N3O4S2/c22-14-7-4-8-15(23)19(14)21-25-17(12-31-21)20(27)24-16-11-26(28)10-9-18(16)32(29,30)13-5-2-1-3-6-13/h4,7-13H,1-3,5-6H2,(H-,24,27,28)/p+1. The fraction of sp³-hybridized carbons (Fsp3) is 0.286. The molecule has 168 valence electrons. The lowest BCUT2D eigenvalue weighted by atomic mass is 10.0. The third-order valence-corrected chi connectivity index (χ3v) is 8.54. The van der Waals surface area contributed by atoms with Crippen LogP contribution in [0.5, 0.6) is 0 Å². The molecule has 0 bridgehead atoms. The van der Waals surface area contributed by atoms with Crippen molar-refractivity contribution in [1.29, 1.82) is 0 Å². The van der Waals surface area contributed by atoms with Crippen molar-refractivity contribution in [2.24, 2.45) is 0 Å². The molecule has 0 atom stereocenters. The van der Waals surface area contributed by atoms with E-state index in [9.17, 15) is 27.2 Å². The second-order valence-electron chi connectivity index (χ2n) is 7.50. The highest BCUT2D eigenvalue weighted by molar-refractivity contribution is 7.92. The lowest BCUT2D eigenvalue weighted by Gasteiger charge is -2.22. The van der Waals surface area contributed by atoms with E-state index in [0.717, 1.165) is 48.9 Å². The van der Waals surface area contributed by atoms with E-state index in [1.807, 2.05) is 0 Å². The first kappa shape index (κ1) is 22.3. The summed E-state index contributed by atoms with van der Waals surface area (Å²) in [6.45, 7) is 0. The van der Waals surface area contributed by atoms with Crippen LogP contribution in [0.2, 0.25) is 0 Å². The van der Waals surface area contributed by atoms with Gasteiger partial charge in [0.25, 0.3) is 5.91 Å². The van der Waals surface area contributed by atoms with Gasteiger partial charge in [0.15, 0.2) is 9.84 Å². The van der Waals surface area contributed by atoms with Crippen molar-refractivity contribution in [3.63, 3.8) is 0 Å². The first-order valence-corrected chi connectivity index (χ1v) is 12.4. The maximum atomic E-state index is 14.0. The summed E-state index contributed by atoms with van der Waals surface area (Å²) in [6, 6.07) is 4.64. The molecule has 32 heavy (non-hydrogen) atoms. The number of nitrogens with zero attached hydrogens (tertiary/aromatic N) is 2. The number of benzene rings is 1. The number of aromatic nitrogens is 2. The number of carbonyl (C=O) groups excluding carboxylic acids is 1. The van der Waals surface area contributed by atoms with Crippen LogP contribution in [-0.4, -0.2) is 29.8 Å². The Morgan fingerprint density at radius 1 is 1.16 bits per heavy atom. The Labute approximate surface area is 187 Å². The normalized spacial score (nSPS) is 14.9. The summed E-state index contributed by atoms with van der Waals surface area (Å²) in [5.74, 6) is -2.39. The second-order valence-corrected chi connectivity index (χ2v) is 10.6. The number of halogens is 2. The van der Waals surface area contributed by atoms with Crippen LogP contribution < -0.4 is 10.0 Å². The number of thiazole rings is 1. The van der Waals surface area contributed by atoms with E-state index in [2.05, 4.69) is 10.3 Å². The molecule has 0 spiro atoms. The predicted molar refractivity (Wildman–Crippen MR) is 113 cm³/mol. The Morgan fingerprint density at radius 2 is 1.84 bits per heavy atom. The summed E-state index contributed by atoms with van der Waals surface area (Å²) < 4.78 is 55.0. The maximum Gasteiger partial charge on any atom is 0.275 e. The van der Waals surface area contributed by atoms with Crippen LogP contribution in [0.15, 0.2) is 46.9 Å². The van der Waals surface area contributed by atoms with Crippen molar-refractivity contribution < 1.29 is 31.9 Å². The lowest BCUT2D eigenvalue weighted by molar-refractivity contribution is -0.904. The number of rotatable bonds is 5. The number of anilines is 1. The van der Waals surface area contributed by atoms with Gasteiger partial charge in [-0.25, -0.2) is 22.2 Å². The highest BCUT2D eigenvalue weighted by atomic mass is 32.2. The van der Waals surface area contributed by atoms with Crippen LogP contribution in [0, 0.1) is 11.6 Å². The van der Waals surface area contributed by atoms with Crippen LogP contribution in [-0.2, 0) is 9.84 Å². The quantitative estimate of drug-likeness (QED) is 0.425. The minimum absolute atomic E-state index is 0.0221. The number of hydrogen-bond acceptors (Lipinski definition) is 6. The first-order chi connectivity index (χ1) is 15.3. The zero-order valence-corrected chi connectivity index (χ0v) is 18.4. The van der Waals surface area contributed by atoms with Crippen LogP contribution in [0.25, 0.3) is 10.6 Å². The molecule has 0 aliphatic heterocycles. The van der Waals surface area contributed by atoms with Gasteiger partial charge in [0.2, 0.25) is 12.4 Å². The van der Waals surface area contributed by atoms with E-state index < -0.39 is 32.6 Å². The Hall–Kier alpha value is -2.92. The van der Waals surface area contributed by atoms with Crippen molar-refractivity contribution in [3.8, 4) is 10.6 Å². The largest absolute Gasteiger partial charge is 0.314 e. The van der Waals surface area contributed by atoms with E-state index in [-0.39, 0.29) is 26.8 Å². The number of nitrogens with one attached hydrogen (secondary N) is 1. The smallest absolute Gasteiger partial charge is 0.275 e. The minimum atomic E-state index is -3.74. The highest BCUT2D eigenvalue weighted by Crippen LogP contribution is 2.32. The van der Waals surface area contributed by atoms with Crippen molar-refractivity contribution in [2.45, 2.75) is 42.2 Å². The third-order valence-electron chi connectivity index (χ3n) is 5.36. The summed E-state index contributed by atoms with van der Waals surface area (Å²) in [6.07, 6.45) is 5.93. The summed E-state index contributed by atoms with van der Waals surface area (Å²) in [5, 5.41) is 13.0. The van der Waals surface area contributed by atoms with E-state index in [1.54, 1.807) is 0 Å². The van der Waals surface area contributed by atoms with Gasteiger partial charge in [-0.15, -0.1) is 11.3 Å². The second kappa shape index (κ2) is 8.91. The molecule has 2 aromatic heterocycles. The van der Waals surface area contributed by atoms with Gasteiger partial charge in [-0.1, -0.05) is 25.3 Å². The monoisotopic (exact) mass is 480 g/mol. The molecule has 0 radical (unpaired) electrons. The van der Waals surface area contributed by atoms with E-state index in [0.29, 0.717) is 17.6 Å². The lowest BCUT2D eigenvalue weighted by Crippen LogP contribution is -2.32. The Bertz CT molecular complexity index is 1250. The van der Waals surface area contributed by atoms with Gasteiger partial charge < -0.3 is 5.32 Å². The molecule has 1 aliphatic carbocycles. The first-order valence-electron chi connectivity index (χ1n) is 9.97. The fourth-order valence-corrected chi connectivity index (χ4v) is 6.57. The molecule has 2 heterocycles. The molecule has 1 aliphatic rings. The van der Waals surface area contributed by atoms with E-state index >= 15 is 0 Å². The number of hydrogen-bond donors (Lipinski definition) is 2. The molecule has 1 saturated carbocycles. The minimum Gasteiger partial charge on any atom is -0.314 e. The Balaban J connectivity index is 1.63. The average molecular weight is 481 g/mol. The van der Waals surface area contributed by atoms with Gasteiger partial charge in [-0.05, 0) is 25.0 Å². The highest BCUT2D eigenvalue weighted by Gasteiger charge is 2.33. The summed E-state index contributed by atoms with van der Waals surface area (Å²) in [5.41, 5.74) is -0.579. The van der Waals surface area contributed by atoms with Crippen molar-refractivity contribution in [1.82, 2.24) is 4.98 Å². The van der Waals surface area contributed by atoms with E-state index in [1.165, 1.54) is 23.7 Å². The molecule has 0 saturated heterocycles. The molecule has 3 aromatic rings. The molecule has 4 rings (SSSR count). The topological polar surface area (TPSA) is 100 Å². The number of amides is 1. The number of sulfone groups is 1. The average Bonchev–Trinajstić information content (AvgIpc) is 3.24. The SMILES string of the molecule is O=C(Nc1c[n+](O)ccc1S(=O)(=O)C1CCCCC1)c1csc(-c2c(F)cccc2F)n1. The summed E-state index contributed by atoms with van der Waals surface area (Å²) in [7, 11) is -3.74. The van der Waals surface area contributed by atoms with Gasteiger partial charge in [-0.3, -0.25) is 10.0 Å². The molecule has 2 N–H and O–H groups in total. The Morgan fingerprint density at radius 3 is 2.53 bits per heavy atom. The maximum absolute atomic E-state index is 14.0. The summed E-state index contributed by atoms with van der Waals surface area (Å²) in [4.78, 5) is 16.7. The van der Waals surface area contributed by atoms with Crippen LogP contribution in [0.1, 0.15) is 42.6 Å². The zero-order chi connectivity index (χ0) is 22.9. The molecule has 11 heteroatoms. The number of carbonyl (C=O) groups is 1. The van der Waals surface area contributed by atoms with Crippen molar-refractivity contribution in [2.75, 3.05) is 5.32 Å². The number of pyridine rings is 1. The van der Waals surface area contributed by atoms with Gasteiger partial charge in [-0.2, -0.15) is 0 Å². The van der Waals surface area contributed by atoms with E-state index in [4.69, 9.17) is 0 Å². The molecule has 1 amide bonds. The molecular weight excluding hydrogens is 460 g/mol. The van der Waals surface area contributed by atoms with Crippen molar-refractivity contribution in [3.05, 3.63) is 59.4 Å². The molecule has 1 fully saturated rings. The summed E-state index contributed by atoms with van der Waals surface area (Å²) >= 11 is 0.881. The Kier molecular flexibility index (Phi) is 6.20. The zero-order valence-electron chi connectivity index (χ0n) is 16.8. The molecule has 0 unspecified atom stereocenters.